The number of benzene rings is 20. The lowest BCUT2D eigenvalue weighted by Crippen LogP contribution is -2.03. The molecule has 0 unspecified atom stereocenters. The van der Waals surface area contributed by atoms with Gasteiger partial charge in [-0.25, -0.2) is 19.9 Å². The fourth-order valence-electron chi connectivity index (χ4n) is 21.9. The quantitative estimate of drug-likeness (QED) is 0.150. The van der Waals surface area contributed by atoms with Gasteiger partial charge in [-0.15, -0.1) is 0 Å². The first-order valence-corrected chi connectivity index (χ1v) is 45.0. The molecule has 0 atom stereocenters. The first kappa shape index (κ1) is 74.9. The van der Waals surface area contributed by atoms with Crippen molar-refractivity contribution in [2.45, 2.75) is 0 Å². The second-order valence-electron chi connectivity index (χ2n) is 34.7. The van der Waals surface area contributed by atoms with Crippen molar-refractivity contribution in [2.24, 2.45) is 0 Å². The predicted molar refractivity (Wildman–Crippen MR) is 548 cm³/mol. The Bertz CT molecular complexity index is 9550. The van der Waals surface area contributed by atoms with Crippen LogP contribution in [0.3, 0.4) is 0 Å². The number of hydrogen-bond donors (Lipinski definition) is 0. The van der Waals surface area contributed by atoms with Crippen molar-refractivity contribution in [3.05, 3.63) is 442 Å². The summed E-state index contributed by atoms with van der Waals surface area (Å²) in [7, 11) is 0. The molecule has 0 fully saturated rings. The molecule has 3 aliphatic rings. The number of para-hydroxylation sites is 6. The van der Waals surface area contributed by atoms with E-state index in [1.165, 1.54) is 165 Å². The molecule has 9 nitrogen and oxygen atoms in total. The minimum atomic E-state index is 0.377. The summed E-state index contributed by atoms with van der Waals surface area (Å²) < 4.78 is 6.75. The lowest BCUT2D eigenvalue weighted by molar-refractivity contribution is 1.00. The number of pyridine rings is 2. The number of aromatic nitrogens is 7. The van der Waals surface area contributed by atoms with E-state index in [0.29, 0.717) is 17.2 Å². The van der Waals surface area contributed by atoms with Gasteiger partial charge in [0.25, 0.3) is 0 Å². The molecule has 0 saturated carbocycles. The largest absolute Gasteiger partial charge is 0.309 e. The van der Waals surface area contributed by atoms with E-state index in [-0.39, 0.29) is 0 Å². The van der Waals surface area contributed by atoms with Crippen molar-refractivity contribution < 1.29 is 0 Å². The highest BCUT2D eigenvalue weighted by molar-refractivity contribution is 6.24. The Morgan fingerprint density at radius 1 is 0.188 bits per heavy atom. The third-order valence-corrected chi connectivity index (χ3v) is 27.8. The standard InChI is InChI=1S/C44H25N3.C43H26N2.C37H20N4/c45-26-29-25-41(46-40-14-5-3-8-32(29)40)27-16-19-30(20-17-27)47-42-15-6-4-11-35(42)39-24-28(18-23-43(39)47)31-21-22-38-34-10-2-1-9-33(34)37-13-7-12-36(31)44(37)38;1-2-11-27(12-3-1)37-26-42(44-39-19-8-6-15-32(37)39)45-40-20-9-7-16-33(40)38-25-28(21-24-41(38)45)29-22-23-36-31-14-5-4-13-30(31)35-18-10-17-34(29)43(35)36;38-21-33-30-11-3-5-14-32(30)39-37(40-33)41-34-15-6-4-10-26(34)31-20-22(16-19-35(31)41)23-17-18-29-25-9-2-1-8-24(25)28-13-7-12-27(23)36(28)29/h1-25H;1-26H;1-20H. The average Bonchev–Trinajstić information content (AvgIpc) is 1.60. The number of nitriles is 2. The molecular formula is C124H71N9. The molecule has 0 bridgehead atoms. The van der Waals surface area contributed by atoms with E-state index in [2.05, 4.69) is 396 Å². The van der Waals surface area contributed by atoms with Crippen LogP contribution in [0.4, 0.5) is 0 Å². The van der Waals surface area contributed by atoms with Gasteiger partial charge < -0.3 is 4.57 Å². The first-order valence-electron chi connectivity index (χ1n) is 45.0. The molecule has 3 aliphatic carbocycles. The van der Waals surface area contributed by atoms with Crippen LogP contribution in [0.15, 0.2) is 431 Å². The van der Waals surface area contributed by atoms with Crippen LogP contribution in [0.5, 0.6) is 0 Å². The molecule has 612 valence electrons. The predicted octanol–water partition coefficient (Wildman–Crippen LogP) is 31.9. The first-order chi connectivity index (χ1) is 65.9. The highest BCUT2D eigenvalue weighted by Gasteiger charge is 2.29. The van der Waals surface area contributed by atoms with Crippen LogP contribution in [0.2, 0.25) is 0 Å². The Morgan fingerprint density at radius 3 is 1.01 bits per heavy atom. The molecule has 20 aromatic carbocycles. The Hall–Kier alpha value is -18.3. The van der Waals surface area contributed by atoms with Crippen molar-refractivity contribution in [1.82, 2.24) is 33.6 Å². The molecule has 133 heavy (non-hydrogen) atoms. The van der Waals surface area contributed by atoms with Crippen molar-refractivity contribution >= 4 is 130 Å². The lowest BCUT2D eigenvalue weighted by atomic mass is 9.93. The minimum absolute atomic E-state index is 0.377. The van der Waals surface area contributed by atoms with Gasteiger partial charge in [0.05, 0.1) is 67.0 Å². The third-order valence-electron chi connectivity index (χ3n) is 27.8. The monoisotopic (exact) mass is 1690 g/mol. The number of nitrogens with zero attached hydrogens (tertiary/aromatic N) is 9. The maximum absolute atomic E-state index is 9.88. The second-order valence-corrected chi connectivity index (χ2v) is 34.7. The summed E-state index contributed by atoms with van der Waals surface area (Å²) in [6, 6.07) is 158. The molecule has 26 aromatic rings. The zero-order valence-corrected chi connectivity index (χ0v) is 71.5. The summed E-state index contributed by atoms with van der Waals surface area (Å²) in [4.78, 5) is 19.7. The van der Waals surface area contributed by atoms with Crippen molar-refractivity contribution in [2.75, 3.05) is 0 Å². The number of hydrogen-bond acceptors (Lipinski definition) is 6. The van der Waals surface area contributed by atoms with Crippen LogP contribution >= 0.6 is 0 Å². The number of fused-ring (bicyclic) bond motifs is 21. The molecule has 6 heterocycles. The van der Waals surface area contributed by atoms with E-state index in [0.717, 1.165) is 99.4 Å². The average molecular weight is 1690 g/mol. The molecule has 29 rings (SSSR count). The van der Waals surface area contributed by atoms with Crippen molar-refractivity contribution in [1.29, 1.82) is 10.5 Å². The van der Waals surface area contributed by atoms with Gasteiger partial charge in [-0.1, -0.05) is 328 Å². The Labute approximate surface area is 763 Å². The van der Waals surface area contributed by atoms with E-state index in [9.17, 15) is 10.5 Å². The smallest absolute Gasteiger partial charge is 0.236 e. The lowest BCUT2D eigenvalue weighted by Gasteiger charge is -2.13. The molecule has 0 N–H and O–H groups in total. The van der Waals surface area contributed by atoms with Gasteiger partial charge in [0.1, 0.15) is 11.9 Å². The molecule has 0 saturated heterocycles. The van der Waals surface area contributed by atoms with Crippen LogP contribution in [-0.2, 0) is 0 Å². The topological polar surface area (TPSA) is 114 Å². The molecule has 0 amide bonds. The fourth-order valence-corrected chi connectivity index (χ4v) is 21.9. The Balaban J connectivity index is 0.000000102. The van der Waals surface area contributed by atoms with E-state index >= 15 is 0 Å². The molecule has 9 heteroatoms. The van der Waals surface area contributed by atoms with Gasteiger partial charge in [-0.05, 0) is 247 Å². The van der Waals surface area contributed by atoms with Crippen LogP contribution in [0.1, 0.15) is 11.3 Å². The molecule has 6 aromatic heterocycles. The highest BCUT2D eigenvalue weighted by atomic mass is 15.2. The van der Waals surface area contributed by atoms with Crippen LogP contribution < -0.4 is 0 Å². The zero-order valence-electron chi connectivity index (χ0n) is 71.5. The van der Waals surface area contributed by atoms with Gasteiger partial charge in [-0.3, -0.25) is 9.13 Å². The summed E-state index contributed by atoms with van der Waals surface area (Å²) in [5.41, 5.74) is 38.6. The number of rotatable bonds is 8. The van der Waals surface area contributed by atoms with Gasteiger partial charge in [0.2, 0.25) is 5.95 Å². The summed E-state index contributed by atoms with van der Waals surface area (Å²) in [6.45, 7) is 0. The summed E-state index contributed by atoms with van der Waals surface area (Å²) in [5, 5.41) is 37.5. The van der Waals surface area contributed by atoms with Gasteiger partial charge >= 0.3 is 0 Å². The van der Waals surface area contributed by atoms with Crippen LogP contribution in [0, 0.1) is 22.7 Å². The van der Waals surface area contributed by atoms with Gasteiger partial charge in [0, 0.05) is 59.7 Å². The van der Waals surface area contributed by atoms with E-state index in [1.54, 1.807) is 0 Å². The Morgan fingerprint density at radius 2 is 0.534 bits per heavy atom. The normalized spacial score (nSPS) is 11.9. The summed E-state index contributed by atoms with van der Waals surface area (Å²) in [6.07, 6.45) is 0. The van der Waals surface area contributed by atoms with Gasteiger partial charge in [0.15, 0.2) is 5.69 Å². The molecular weight excluding hydrogens is 1620 g/mol. The molecule has 0 radical (unpaired) electrons. The van der Waals surface area contributed by atoms with E-state index in [1.807, 2.05) is 60.7 Å². The maximum atomic E-state index is 9.88. The minimum Gasteiger partial charge on any atom is -0.309 e. The van der Waals surface area contributed by atoms with Crippen LogP contribution in [0.25, 0.3) is 270 Å². The van der Waals surface area contributed by atoms with Crippen molar-refractivity contribution in [3.63, 3.8) is 0 Å². The van der Waals surface area contributed by atoms with Crippen molar-refractivity contribution in [3.8, 4) is 152 Å². The van der Waals surface area contributed by atoms with E-state index < -0.39 is 0 Å². The maximum Gasteiger partial charge on any atom is 0.236 e. The molecule has 0 spiro atoms. The summed E-state index contributed by atoms with van der Waals surface area (Å²) in [5.74, 6) is 1.43. The SMILES string of the molecule is N#Cc1cc(-c2ccc(-n3c4ccccc4c4cc(-c5ccc6c7c(cccc57)-c5ccccc5-6)ccc43)cc2)nc2ccccc12.N#Cc1nc(-n2c3ccccc3c3cc(-c4ccc5c6c(cccc46)-c4ccccc4-5)ccc32)nc2ccccc12.c1ccc(-c2cc(-n3c4ccccc4c4cc(-c5ccc6c7c(cccc57)-c5ccccc5-6)ccc43)nc3ccccc23)cc1. The zero-order chi connectivity index (χ0) is 87.6. The fraction of sp³-hybridized carbons (Fsp3) is 0. The molecule has 0 aliphatic heterocycles. The third kappa shape index (κ3) is 11.5. The second kappa shape index (κ2) is 29.7. The van der Waals surface area contributed by atoms with E-state index in [4.69, 9.17) is 19.9 Å². The van der Waals surface area contributed by atoms with Gasteiger partial charge in [-0.2, -0.15) is 10.5 Å². The highest BCUT2D eigenvalue weighted by Crippen LogP contribution is 2.54. The van der Waals surface area contributed by atoms with Crippen LogP contribution in [-0.4, -0.2) is 33.6 Å². The Kier molecular flexibility index (Phi) is 16.7. The summed E-state index contributed by atoms with van der Waals surface area (Å²) >= 11 is 0.